The highest BCUT2D eigenvalue weighted by atomic mass is 19.1. The molecule has 0 N–H and O–H groups in total. The first-order valence-corrected chi connectivity index (χ1v) is 9.02. The summed E-state index contributed by atoms with van der Waals surface area (Å²) in [6.07, 6.45) is 3.03. The number of carbonyl (C=O) groups is 2. The van der Waals surface area contributed by atoms with Gasteiger partial charge in [0.15, 0.2) is 11.5 Å². The number of hydrogen-bond donors (Lipinski definition) is 0. The van der Waals surface area contributed by atoms with Crippen molar-refractivity contribution >= 4 is 17.9 Å². The zero-order valence-corrected chi connectivity index (χ0v) is 15.1. The first kappa shape index (κ1) is 18.0. The topological polar surface area (TPSA) is 59.1 Å². The summed E-state index contributed by atoms with van der Waals surface area (Å²) in [6.45, 7) is 1.96. The summed E-state index contributed by atoms with van der Waals surface area (Å²) >= 11 is 0. The van der Waals surface area contributed by atoms with Crippen LogP contribution in [0.5, 0.6) is 11.5 Å². The van der Waals surface area contributed by atoms with E-state index in [1.165, 1.54) is 18.2 Å². The second-order valence-corrected chi connectivity index (χ2v) is 6.57. The van der Waals surface area contributed by atoms with Crippen LogP contribution in [0, 0.1) is 5.82 Å². The molecule has 1 saturated heterocycles. The van der Waals surface area contributed by atoms with Crippen LogP contribution in [0.25, 0.3) is 6.08 Å². The summed E-state index contributed by atoms with van der Waals surface area (Å²) in [6, 6.07) is 11.2. The summed E-state index contributed by atoms with van der Waals surface area (Å²) in [5.41, 5.74) is 1.17. The lowest BCUT2D eigenvalue weighted by Crippen LogP contribution is -2.50. The molecule has 2 aromatic carbocycles. The van der Waals surface area contributed by atoms with Gasteiger partial charge >= 0.3 is 0 Å². The third-order valence-electron chi connectivity index (χ3n) is 4.77. The van der Waals surface area contributed by atoms with Crippen molar-refractivity contribution in [3.8, 4) is 11.5 Å². The number of halogens is 1. The van der Waals surface area contributed by atoms with Crippen LogP contribution in [0.4, 0.5) is 4.39 Å². The van der Waals surface area contributed by atoms with E-state index in [9.17, 15) is 14.0 Å². The number of hydrogen-bond acceptors (Lipinski definition) is 4. The maximum absolute atomic E-state index is 13.2. The summed E-state index contributed by atoms with van der Waals surface area (Å²) in [5.74, 6) is 0.615. The highest BCUT2D eigenvalue weighted by Crippen LogP contribution is 2.32. The van der Waals surface area contributed by atoms with Crippen LogP contribution in [0.1, 0.15) is 15.9 Å². The van der Waals surface area contributed by atoms with Gasteiger partial charge in [0.1, 0.15) is 5.82 Å². The quantitative estimate of drug-likeness (QED) is 0.766. The molecule has 2 amide bonds. The van der Waals surface area contributed by atoms with E-state index >= 15 is 0 Å². The van der Waals surface area contributed by atoms with Crippen molar-refractivity contribution in [2.24, 2.45) is 0 Å². The van der Waals surface area contributed by atoms with Crippen molar-refractivity contribution in [1.82, 2.24) is 9.80 Å². The van der Waals surface area contributed by atoms with Gasteiger partial charge in [0.25, 0.3) is 5.91 Å². The number of rotatable bonds is 3. The summed E-state index contributed by atoms with van der Waals surface area (Å²) in [5, 5.41) is 0. The van der Waals surface area contributed by atoms with Crippen LogP contribution in [0.2, 0.25) is 0 Å². The normalized spacial score (nSPS) is 15.9. The summed E-state index contributed by atoms with van der Waals surface area (Å²) in [4.78, 5) is 28.4. The van der Waals surface area contributed by atoms with Crippen molar-refractivity contribution in [3.63, 3.8) is 0 Å². The maximum Gasteiger partial charge on any atom is 0.254 e. The van der Waals surface area contributed by atoms with E-state index in [1.807, 2.05) is 0 Å². The monoisotopic (exact) mass is 382 g/mol. The molecule has 6 nitrogen and oxygen atoms in total. The third-order valence-corrected chi connectivity index (χ3v) is 4.77. The SMILES string of the molecule is O=C(/C=C/c1cccc(F)c1)N1CCN(C(=O)c2ccc3c(c2)OCO3)CC1. The van der Waals surface area contributed by atoms with Gasteiger partial charge in [-0.05, 0) is 42.0 Å². The van der Waals surface area contributed by atoms with Crippen LogP contribution < -0.4 is 9.47 Å². The van der Waals surface area contributed by atoms with E-state index in [0.717, 1.165) is 0 Å². The van der Waals surface area contributed by atoms with Crippen molar-refractivity contribution < 1.29 is 23.5 Å². The van der Waals surface area contributed by atoms with E-state index in [0.29, 0.717) is 48.8 Å². The molecule has 0 aromatic heterocycles. The lowest BCUT2D eigenvalue weighted by atomic mass is 10.1. The molecule has 0 radical (unpaired) electrons. The van der Waals surface area contributed by atoms with Gasteiger partial charge in [-0.1, -0.05) is 12.1 Å². The predicted molar refractivity (Wildman–Crippen MR) is 100 cm³/mol. The lowest BCUT2D eigenvalue weighted by molar-refractivity contribution is -0.127. The third kappa shape index (κ3) is 3.83. The Balaban J connectivity index is 1.34. The molecule has 2 aliphatic heterocycles. The first-order chi connectivity index (χ1) is 13.6. The van der Waals surface area contributed by atoms with E-state index in [2.05, 4.69) is 0 Å². The zero-order chi connectivity index (χ0) is 19.5. The molecule has 1 fully saturated rings. The predicted octanol–water partition coefficient (Wildman–Crippen LogP) is 2.55. The highest BCUT2D eigenvalue weighted by molar-refractivity contribution is 5.95. The Morgan fingerprint density at radius 3 is 2.46 bits per heavy atom. The van der Waals surface area contributed by atoms with Gasteiger partial charge < -0.3 is 19.3 Å². The summed E-state index contributed by atoms with van der Waals surface area (Å²) in [7, 11) is 0. The van der Waals surface area contributed by atoms with Gasteiger partial charge in [-0.2, -0.15) is 0 Å². The molecule has 28 heavy (non-hydrogen) atoms. The number of ether oxygens (including phenoxy) is 2. The van der Waals surface area contributed by atoms with E-state index < -0.39 is 0 Å². The van der Waals surface area contributed by atoms with Crippen LogP contribution in [-0.2, 0) is 4.79 Å². The fourth-order valence-electron chi connectivity index (χ4n) is 3.23. The number of benzene rings is 2. The Bertz CT molecular complexity index is 936. The van der Waals surface area contributed by atoms with E-state index in [4.69, 9.17) is 9.47 Å². The zero-order valence-electron chi connectivity index (χ0n) is 15.1. The Labute approximate surface area is 161 Å². The molecule has 0 aliphatic carbocycles. The molecule has 0 saturated carbocycles. The van der Waals surface area contributed by atoms with Crippen molar-refractivity contribution in [2.45, 2.75) is 0 Å². The van der Waals surface area contributed by atoms with Gasteiger partial charge in [-0.15, -0.1) is 0 Å². The number of amides is 2. The minimum absolute atomic E-state index is 0.0966. The average molecular weight is 382 g/mol. The Morgan fingerprint density at radius 1 is 0.929 bits per heavy atom. The van der Waals surface area contributed by atoms with Gasteiger partial charge in [0.2, 0.25) is 12.7 Å². The molecular weight excluding hydrogens is 363 g/mol. The number of fused-ring (bicyclic) bond motifs is 1. The van der Waals surface area contributed by atoms with Crippen LogP contribution in [0.3, 0.4) is 0 Å². The van der Waals surface area contributed by atoms with Gasteiger partial charge in [0, 0.05) is 37.8 Å². The van der Waals surface area contributed by atoms with E-state index in [-0.39, 0.29) is 24.4 Å². The molecule has 0 atom stereocenters. The molecule has 0 bridgehead atoms. The van der Waals surface area contributed by atoms with Crippen LogP contribution in [-0.4, -0.2) is 54.6 Å². The van der Waals surface area contributed by atoms with Gasteiger partial charge in [0.05, 0.1) is 0 Å². The van der Waals surface area contributed by atoms with Gasteiger partial charge in [-0.25, -0.2) is 4.39 Å². The Kier molecular flexibility index (Phi) is 4.97. The smallest absolute Gasteiger partial charge is 0.254 e. The molecule has 2 heterocycles. The van der Waals surface area contributed by atoms with Crippen molar-refractivity contribution in [1.29, 1.82) is 0 Å². The molecule has 7 heteroatoms. The molecule has 144 valence electrons. The molecule has 2 aliphatic rings. The number of nitrogens with zero attached hydrogens (tertiary/aromatic N) is 2. The van der Waals surface area contributed by atoms with Crippen LogP contribution >= 0.6 is 0 Å². The molecular formula is C21H19FN2O4. The van der Waals surface area contributed by atoms with Crippen LogP contribution in [0.15, 0.2) is 48.5 Å². The minimum Gasteiger partial charge on any atom is -0.454 e. The standard InChI is InChI=1S/C21H19FN2O4/c22-17-3-1-2-15(12-17)4-7-20(25)23-8-10-24(11-9-23)21(26)16-5-6-18-19(13-16)28-14-27-18/h1-7,12-13H,8-11,14H2/b7-4+. The fourth-order valence-corrected chi connectivity index (χ4v) is 3.23. The van der Waals surface area contributed by atoms with Crippen molar-refractivity contribution in [3.05, 3.63) is 65.5 Å². The molecule has 0 unspecified atom stereocenters. The fraction of sp³-hybridized carbons (Fsp3) is 0.238. The number of piperazine rings is 1. The first-order valence-electron chi connectivity index (χ1n) is 9.02. The minimum atomic E-state index is -0.342. The Hall–Kier alpha value is -3.35. The number of carbonyl (C=O) groups excluding carboxylic acids is 2. The summed E-state index contributed by atoms with van der Waals surface area (Å²) < 4.78 is 23.8. The average Bonchev–Trinajstić information content (AvgIpc) is 3.19. The highest BCUT2D eigenvalue weighted by Gasteiger charge is 2.25. The Morgan fingerprint density at radius 2 is 1.68 bits per heavy atom. The largest absolute Gasteiger partial charge is 0.454 e. The second kappa shape index (κ2) is 7.72. The molecule has 0 spiro atoms. The maximum atomic E-state index is 13.2. The van der Waals surface area contributed by atoms with E-state index in [1.54, 1.807) is 46.2 Å². The lowest BCUT2D eigenvalue weighted by Gasteiger charge is -2.34. The molecule has 4 rings (SSSR count). The second-order valence-electron chi connectivity index (χ2n) is 6.57. The van der Waals surface area contributed by atoms with Crippen molar-refractivity contribution in [2.75, 3.05) is 33.0 Å². The molecule has 2 aromatic rings. The van der Waals surface area contributed by atoms with Gasteiger partial charge in [-0.3, -0.25) is 9.59 Å².